The summed E-state index contributed by atoms with van der Waals surface area (Å²) in [6.07, 6.45) is 6.19. The number of aryl methyl sites for hydroxylation is 1. The molecule has 2 aromatic carbocycles. The first-order chi connectivity index (χ1) is 24.5. The van der Waals surface area contributed by atoms with E-state index in [4.69, 9.17) is 4.74 Å². The van der Waals surface area contributed by atoms with Crippen molar-refractivity contribution in [2.75, 3.05) is 26.5 Å². The van der Waals surface area contributed by atoms with Gasteiger partial charge in [0.1, 0.15) is 22.9 Å². The van der Waals surface area contributed by atoms with Gasteiger partial charge in [-0.25, -0.2) is 4.98 Å². The predicted octanol–water partition coefficient (Wildman–Crippen LogP) is 7.95. The number of rotatable bonds is 16. The number of likely N-dealkylation sites (N-methyl/N-ethyl adjacent to an activating group) is 1. The van der Waals surface area contributed by atoms with E-state index in [1.54, 1.807) is 57.0 Å². The molecule has 1 aromatic heterocycles. The minimum absolute atomic E-state index is 0.000198. The van der Waals surface area contributed by atoms with Gasteiger partial charge in [-0.15, -0.1) is 0 Å². The first kappa shape index (κ1) is 45.4. The van der Waals surface area contributed by atoms with Crippen LogP contribution in [-0.2, 0) is 26.3 Å². The van der Waals surface area contributed by atoms with Gasteiger partial charge in [0, 0.05) is 26.0 Å². The molecule has 0 spiro atoms. The average Bonchev–Trinajstić information content (AvgIpc) is 3.58. The molecule has 3 aromatic rings. The highest BCUT2D eigenvalue weighted by Crippen LogP contribution is 2.34. The predicted molar refractivity (Wildman–Crippen MR) is 214 cm³/mol. The Morgan fingerprint density at radius 3 is 2.06 bits per heavy atom. The van der Waals surface area contributed by atoms with Crippen LogP contribution >= 0.6 is 0 Å². The Hall–Kier alpha value is -4.60. The maximum absolute atomic E-state index is 13.8. The third-order valence-electron chi connectivity index (χ3n) is 8.34. The third-order valence-corrected chi connectivity index (χ3v) is 8.34. The van der Waals surface area contributed by atoms with Gasteiger partial charge in [-0.1, -0.05) is 104 Å². The molecule has 0 fully saturated rings. The van der Waals surface area contributed by atoms with Crippen LogP contribution < -0.4 is 20.7 Å². The van der Waals surface area contributed by atoms with Gasteiger partial charge >= 0.3 is 0 Å². The number of nitrogens with one attached hydrogen (secondary N) is 3. The van der Waals surface area contributed by atoms with Crippen LogP contribution in [0, 0.1) is 5.41 Å². The number of ether oxygens (including phenoxy) is 1. The van der Waals surface area contributed by atoms with Crippen LogP contribution in [0.4, 0.5) is 5.82 Å². The second-order valence-corrected chi connectivity index (χ2v) is 14.3. The van der Waals surface area contributed by atoms with Crippen molar-refractivity contribution in [3.63, 3.8) is 0 Å². The zero-order valence-corrected chi connectivity index (χ0v) is 34.1. The number of amides is 3. The first-order valence-electron chi connectivity index (χ1n) is 18.5. The number of methoxy groups -OCH3 is 1. The minimum atomic E-state index is -1.11. The molecule has 3 rings (SSSR count). The lowest BCUT2D eigenvalue weighted by Gasteiger charge is -2.35. The normalized spacial score (nSPS) is 12.7. The maximum Gasteiger partial charge on any atom is 0.252 e. The van der Waals surface area contributed by atoms with E-state index in [9.17, 15) is 14.4 Å². The van der Waals surface area contributed by atoms with Gasteiger partial charge in [0.15, 0.2) is 5.82 Å². The Balaban J connectivity index is 0.00000326. The minimum Gasteiger partial charge on any atom is -0.497 e. The second kappa shape index (κ2) is 21.1. The summed E-state index contributed by atoms with van der Waals surface area (Å²) in [4.78, 5) is 47.3. The summed E-state index contributed by atoms with van der Waals surface area (Å²) >= 11 is 0. The van der Waals surface area contributed by atoms with E-state index in [0.717, 1.165) is 23.2 Å². The zero-order valence-electron chi connectivity index (χ0n) is 34.1. The van der Waals surface area contributed by atoms with E-state index in [0.29, 0.717) is 31.4 Å². The Bertz CT molecular complexity index is 1540. The van der Waals surface area contributed by atoms with Crippen molar-refractivity contribution in [1.82, 2.24) is 25.1 Å². The Labute approximate surface area is 313 Å². The number of anilines is 1. The number of carbonyl (C=O) groups excluding carboxylic acids is 3. The Morgan fingerprint density at radius 1 is 0.942 bits per heavy atom. The molecular weight excluding hydrogens is 652 g/mol. The summed E-state index contributed by atoms with van der Waals surface area (Å²) in [5, 5.41) is 9.15. The molecule has 0 aliphatic carbocycles. The number of hydrogen-bond acceptors (Lipinski definition) is 6. The fourth-order valence-corrected chi connectivity index (χ4v) is 5.91. The Morgan fingerprint density at radius 2 is 1.54 bits per heavy atom. The summed E-state index contributed by atoms with van der Waals surface area (Å²) in [6, 6.07) is 16.6. The lowest BCUT2D eigenvalue weighted by molar-refractivity contribution is -0.136. The molecular formula is C42H66N6O4. The van der Waals surface area contributed by atoms with Crippen molar-refractivity contribution in [3.05, 3.63) is 90.5 Å². The van der Waals surface area contributed by atoms with Crippen LogP contribution in [0.25, 0.3) is 0 Å². The SMILES string of the molecule is C=C(CC(C)(C)C)NC(C)(C)C(=O)N[C@H](CCCc1ccccc1)C(=O)Nc1cn(C(CC)(C(=O)N(C)C)c2ccc(OC)cc2)cn1.CC.CC. The molecule has 1 heterocycles. The number of hydrogen-bond donors (Lipinski definition) is 3. The molecule has 2 atom stereocenters. The third kappa shape index (κ3) is 12.9. The second-order valence-electron chi connectivity index (χ2n) is 14.3. The fraction of sp³-hybridized carbons (Fsp3) is 0.524. The number of nitrogens with zero attached hydrogens (tertiary/aromatic N) is 3. The fourth-order valence-electron chi connectivity index (χ4n) is 5.91. The van der Waals surface area contributed by atoms with Gasteiger partial charge in [-0.3, -0.25) is 14.4 Å². The summed E-state index contributed by atoms with van der Waals surface area (Å²) < 4.78 is 7.08. The molecule has 3 amide bonds. The number of carbonyl (C=O) groups is 3. The molecule has 10 nitrogen and oxygen atoms in total. The summed E-state index contributed by atoms with van der Waals surface area (Å²) in [5.74, 6) is 0.104. The molecule has 0 aliphatic heterocycles. The lowest BCUT2D eigenvalue weighted by atomic mass is 9.85. The highest BCUT2D eigenvalue weighted by atomic mass is 16.5. The van der Waals surface area contributed by atoms with Crippen molar-refractivity contribution in [2.24, 2.45) is 5.41 Å². The molecule has 288 valence electrons. The lowest BCUT2D eigenvalue weighted by Crippen LogP contribution is -2.56. The summed E-state index contributed by atoms with van der Waals surface area (Å²) in [6.45, 7) is 24.0. The highest BCUT2D eigenvalue weighted by molar-refractivity contribution is 5.98. The van der Waals surface area contributed by atoms with Crippen LogP contribution in [0.15, 0.2) is 79.4 Å². The molecule has 0 radical (unpaired) electrons. The van der Waals surface area contributed by atoms with Crippen LogP contribution in [0.2, 0.25) is 0 Å². The largest absolute Gasteiger partial charge is 0.497 e. The number of benzene rings is 2. The van der Waals surface area contributed by atoms with Crippen LogP contribution in [0.1, 0.15) is 106 Å². The highest BCUT2D eigenvalue weighted by Gasteiger charge is 2.42. The van der Waals surface area contributed by atoms with Gasteiger partial charge in [-0.05, 0) is 74.6 Å². The van der Waals surface area contributed by atoms with E-state index in [2.05, 4.69) is 48.3 Å². The van der Waals surface area contributed by atoms with Gasteiger partial charge < -0.3 is 30.2 Å². The van der Waals surface area contributed by atoms with Crippen molar-refractivity contribution in [3.8, 4) is 5.75 Å². The van der Waals surface area contributed by atoms with E-state index in [1.165, 1.54) is 0 Å². The van der Waals surface area contributed by atoms with E-state index < -0.39 is 23.0 Å². The molecule has 0 bridgehead atoms. The zero-order chi connectivity index (χ0) is 39.7. The molecule has 1 unspecified atom stereocenters. The van der Waals surface area contributed by atoms with E-state index in [-0.39, 0.29) is 23.0 Å². The van der Waals surface area contributed by atoms with Crippen LogP contribution in [0.3, 0.4) is 0 Å². The monoisotopic (exact) mass is 719 g/mol. The van der Waals surface area contributed by atoms with Gasteiger partial charge in [0.25, 0.3) is 5.91 Å². The number of allylic oxidation sites excluding steroid dienone is 1. The van der Waals surface area contributed by atoms with Crippen LogP contribution in [-0.4, -0.2) is 65.0 Å². The molecule has 0 aliphatic rings. The molecule has 52 heavy (non-hydrogen) atoms. The Kier molecular flexibility index (Phi) is 18.4. The summed E-state index contributed by atoms with van der Waals surface area (Å²) in [7, 11) is 5.03. The van der Waals surface area contributed by atoms with E-state index in [1.807, 2.05) is 89.2 Å². The van der Waals surface area contributed by atoms with Gasteiger partial charge in [0.05, 0.1) is 13.4 Å². The van der Waals surface area contributed by atoms with Crippen molar-refractivity contribution >= 4 is 23.5 Å². The number of imidazole rings is 1. The van der Waals surface area contributed by atoms with Crippen molar-refractivity contribution in [2.45, 2.75) is 118 Å². The first-order valence-corrected chi connectivity index (χ1v) is 18.5. The van der Waals surface area contributed by atoms with Gasteiger partial charge in [-0.2, -0.15) is 0 Å². The summed E-state index contributed by atoms with van der Waals surface area (Å²) in [5.41, 5.74) is 0.547. The smallest absolute Gasteiger partial charge is 0.252 e. The average molecular weight is 719 g/mol. The van der Waals surface area contributed by atoms with Crippen molar-refractivity contribution < 1.29 is 19.1 Å². The molecule has 0 saturated heterocycles. The van der Waals surface area contributed by atoms with Gasteiger partial charge in [0.2, 0.25) is 11.8 Å². The number of aromatic nitrogens is 2. The maximum atomic E-state index is 13.8. The van der Waals surface area contributed by atoms with E-state index >= 15 is 0 Å². The van der Waals surface area contributed by atoms with Crippen LogP contribution in [0.5, 0.6) is 5.75 Å². The topological polar surface area (TPSA) is 118 Å². The standard InChI is InChI=1S/C38H54N6O4.2C2H6/c1-11-38(35(47)43(8)9,29-20-22-30(48-10)23-21-29)44-25-32(39-26-44)41-33(45)31(19-15-18-28-16-13-12-14-17-28)40-34(46)37(6,7)42-27(2)24-36(3,4)5;2*1-2/h12-14,16-17,20-23,25-26,31,42H,2,11,15,18-19,24H2,1,3-10H3,(H,40,46)(H,41,45);2*1-2H3/t31-,38?;;/m1../s1. The molecule has 10 heteroatoms. The quantitative estimate of drug-likeness (QED) is 0.138. The molecule has 0 saturated carbocycles. The van der Waals surface area contributed by atoms with Crippen molar-refractivity contribution in [1.29, 1.82) is 0 Å². The molecule has 3 N–H and O–H groups in total.